The Labute approximate surface area is 118 Å². The van der Waals surface area contributed by atoms with E-state index in [0.29, 0.717) is 12.1 Å². The highest BCUT2D eigenvalue weighted by atomic mass is 16.3. The molecule has 1 heterocycles. The quantitative estimate of drug-likeness (QED) is 0.663. The molecule has 1 N–H and O–H groups in total. The lowest BCUT2D eigenvalue weighted by molar-refractivity contribution is -0.138. The van der Waals surface area contributed by atoms with E-state index in [2.05, 4.69) is 6.92 Å². The molecule has 0 aliphatic carbocycles. The molecule has 4 nitrogen and oxygen atoms in total. The summed E-state index contributed by atoms with van der Waals surface area (Å²) in [6.45, 7) is 4.36. The van der Waals surface area contributed by atoms with Crippen molar-refractivity contribution in [3.05, 3.63) is 41.2 Å². The van der Waals surface area contributed by atoms with Gasteiger partial charge < -0.3 is 5.11 Å². The van der Waals surface area contributed by atoms with Crippen molar-refractivity contribution in [3.63, 3.8) is 0 Å². The molecule has 0 saturated carbocycles. The number of imide groups is 1. The fourth-order valence-electron chi connectivity index (χ4n) is 2.27. The number of hydrogen-bond acceptors (Lipinski definition) is 3. The molecule has 1 aromatic carbocycles. The van der Waals surface area contributed by atoms with Gasteiger partial charge in [0.2, 0.25) is 0 Å². The van der Waals surface area contributed by atoms with E-state index >= 15 is 0 Å². The van der Waals surface area contributed by atoms with Crippen LogP contribution in [-0.2, 0) is 9.59 Å². The fraction of sp³-hybridized carbons (Fsp3) is 0.375. The van der Waals surface area contributed by atoms with Crippen molar-refractivity contribution < 1.29 is 14.7 Å². The number of amides is 2. The molecule has 0 atom stereocenters. The van der Waals surface area contributed by atoms with Gasteiger partial charge >= 0.3 is 0 Å². The molecule has 1 aromatic rings. The topological polar surface area (TPSA) is 57.6 Å². The normalized spacial score (nSPS) is 15.4. The monoisotopic (exact) mass is 273 g/mol. The molecule has 0 unspecified atom stereocenters. The molecular formula is C16H19NO3. The maximum absolute atomic E-state index is 12.3. The van der Waals surface area contributed by atoms with Crippen molar-refractivity contribution in [3.8, 4) is 0 Å². The second kappa shape index (κ2) is 5.90. The molecule has 0 saturated heterocycles. The number of aliphatic hydroxyl groups is 1. The van der Waals surface area contributed by atoms with Gasteiger partial charge in [-0.3, -0.25) is 14.5 Å². The van der Waals surface area contributed by atoms with E-state index in [9.17, 15) is 14.7 Å². The van der Waals surface area contributed by atoms with Crippen LogP contribution >= 0.6 is 0 Å². The third kappa shape index (κ3) is 2.59. The lowest BCUT2D eigenvalue weighted by Gasteiger charge is -2.13. The second-order valence-corrected chi connectivity index (χ2v) is 5.06. The van der Waals surface area contributed by atoms with Crippen LogP contribution < -0.4 is 0 Å². The second-order valence-electron chi connectivity index (χ2n) is 5.06. The van der Waals surface area contributed by atoms with E-state index in [1.54, 1.807) is 12.1 Å². The molecule has 0 aromatic heterocycles. The summed E-state index contributed by atoms with van der Waals surface area (Å²) < 4.78 is 0. The van der Waals surface area contributed by atoms with Gasteiger partial charge in [-0.05, 0) is 18.9 Å². The lowest BCUT2D eigenvalue weighted by Crippen LogP contribution is -2.32. The number of hydrogen-bond donors (Lipinski definition) is 1. The van der Waals surface area contributed by atoms with Gasteiger partial charge in [0.15, 0.2) is 5.76 Å². The van der Waals surface area contributed by atoms with Crippen LogP contribution in [0.15, 0.2) is 30.0 Å². The van der Waals surface area contributed by atoms with Crippen LogP contribution in [0.25, 0.3) is 5.57 Å². The number of unbranched alkanes of at least 4 members (excludes halogenated alkanes) is 2. The Kier molecular flexibility index (Phi) is 4.23. The predicted octanol–water partition coefficient (Wildman–Crippen LogP) is 2.82. The summed E-state index contributed by atoms with van der Waals surface area (Å²) >= 11 is 0. The molecule has 0 fully saturated rings. The van der Waals surface area contributed by atoms with Crippen LogP contribution in [0.4, 0.5) is 0 Å². The van der Waals surface area contributed by atoms with Crippen molar-refractivity contribution in [2.45, 2.75) is 33.1 Å². The molecule has 0 spiro atoms. The average Bonchev–Trinajstić information content (AvgIpc) is 2.64. The summed E-state index contributed by atoms with van der Waals surface area (Å²) in [5.41, 5.74) is 1.77. The van der Waals surface area contributed by atoms with Gasteiger partial charge in [0.05, 0.1) is 5.57 Å². The van der Waals surface area contributed by atoms with Crippen LogP contribution in [0.5, 0.6) is 0 Å². The lowest BCUT2D eigenvalue weighted by atomic mass is 10.0. The van der Waals surface area contributed by atoms with Crippen molar-refractivity contribution in [1.29, 1.82) is 0 Å². The van der Waals surface area contributed by atoms with E-state index < -0.39 is 17.6 Å². The molecule has 20 heavy (non-hydrogen) atoms. The SMILES string of the molecule is CCCCCN1C(=O)C(O)=C(c2ccc(C)cc2)C1=O. The molecule has 0 bridgehead atoms. The highest BCUT2D eigenvalue weighted by molar-refractivity contribution is 6.34. The number of carbonyl (C=O) groups excluding carboxylic acids is 2. The average molecular weight is 273 g/mol. The summed E-state index contributed by atoms with van der Waals surface area (Å²) in [6, 6.07) is 7.21. The number of nitrogens with zero attached hydrogens (tertiary/aromatic N) is 1. The maximum atomic E-state index is 12.3. The van der Waals surface area contributed by atoms with E-state index in [4.69, 9.17) is 0 Å². The van der Waals surface area contributed by atoms with Crippen LogP contribution in [0.3, 0.4) is 0 Å². The Morgan fingerprint density at radius 1 is 1.05 bits per heavy atom. The summed E-state index contributed by atoms with van der Waals surface area (Å²) in [7, 11) is 0. The highest BCUT2D eigenvalue weighted by Gasteiger charge is 2.38. The number of aryl methyl sites for hydroxylation is 1. The Balaban J connectivity index is 2.23. The first-order chi connectivity index (χ1) is 9.56. The van der Waals surface area contributed by atoms with E-state index in [1.165, 1.54) is 0 Å². The van der Waals surface area contributed by atoms with Gasteiger partial charge in [0, 0.05) is 6.54 Å². The molecule has 2 amide bonds. The van der Waals surface area contributed by atoms with Crippen molar-refractivity contribution in [2.75, 3.05) is 6.54 Å². The van der Waals surface area contributed by atoms with Crippen LogP contribution in [-0.4, -0.2) is 28.4 Å². The van der Waals surface area contributed by atoms with Gasteiger partial charge in [0.1, 0.15) is 0 Å². The van der Waals surface area contributed by atoms with E-state index in [0.717, 1.165) is 29.7 Å². The molecule has 1 aliphatic rings. The predicted molar refractivity (Wildman–Crippen MR) is 77.0 cm³/mol. The molecule has 106 valence electrons. The van der Waals surface area contributed by atoms with Gasteiger partial charge in [0.25, 0.3) is 11.8 Å². The van der Waals surface area contributed by atoms with Crippen LogP contribution in [0.1, 0.15) is 37.3 Å². The number of aliphatic hydroxyl groups excluding tert-OH is 1. The Morgan fingerprint density at radius 2 is 1.70 bits per heavy atom. The molecule has 2 rings (SSSR count). The molecular weight excluding hydrogens is 254 g/mol. The van der Waals surface area contributed by atoms with Crippen molar-refractivity contribution >= 4 is 17.4 Å². The number of rotatable bonds is 5. The summed E-state index contributed by atoms with van der Waals surface area (Å²) in [5.74, 6) is -1.41. The zero-order valence-electron chi connectivity index (χ0n) is 11.8. The van der Waals surface area contributed by atoms with Gasteiger partial charge in [-0.2, -0.15) is 0 Å². The first-order valence-corrected chi connectivity index (χ1v) is 6.92. The zero-order valence-corrected chi connectivity index (χ0v) is 11.8. The Hall–Kier alpha value is -2.10. The van der Waals surface area contributed by atoms with E-state index in [1.807, 2.05) is 19.1 Å². The first kappa shape index (κ1) is 14.3. The van der Waals surface area contributed by atoms with Crippen LogP contribution in [0, 0.1) is 6.92 Å². The van der Waals surface area contributed by atoms with Crippen molar-refractivity contribution in [1.82, 2.24) is 4.90 Å². The van der Waals surface area contributed by atoms with Gasteiger partial charge in [-0.1, -0.05) is 49.6 Å². The first-order valence-electron chi connectivity index (χ1n) is 6.92. The third-order valence-electron chi connectivity index (χ3n) is 3.47. The molecule has 1 aliphatic heterocycles. The van der Waals surface area contributed by atoms with Gasteiger partial charge in [-0.15, -0.1) is 0 Å². The Morgan fingerprint density at radius 3 is 2.30 bits per heavy atom. The smallest absolute Gasteiger partial charge is 0.296 e. The summed E-state index contributed by atoms with van der Waals surface area (Å²) in [4.78, 5) is 25.4. The molecule has 4 heteroatoms. The number of carbonyl (C=O) groups is 2. The van der Waals surface area contributed by atoms with Crippen LogP contribution in [0.2, 0.25) is 0 Å². The zero-order chi connectivity index (χ0) is 14.7. The van der Waals surface area contributed by atoms with E-state index in [-0.39, 0.29) is 5.57 Å². The largest absolute Gasteiger partial charge is 0.502 e. The third-order valence-corrected chi connectivity index (χ3v) is 3.47. The Bertz CT molecular complexity index is 558. The minimum atomic E-state index is -0.582. The number of benzene rings is 1. The summed E-state index contributed by atoms with van der Waals surface area (Å²) in [6.07, 6.45) is 2.74. The van der Waals surface area contributed by atoms with Crippen molar-refractivity contribution in [2.24, 2.45) is 0 Å². The summed E-state index contributed by atoms with van der Waals surface area (Å²) in [5, 5.41) is 9.95. The van der Waals surface area contributed by atoms with Gasteiger partial charge in [-0.25, -0.2) is 0 Å². The highest BCUT2D eigenvalue weighted by Crippen LogP contribution is 2.28. The minimum absolute atomic E-state index is 0.117. The maximum Gasteiger partial charge on any atom is 0.296 e. The molecule has 0 radical (unpaired) electrons. The minimum Gasteiger partial charge on any atom is -0.502 e. The standard InChI is InChI=1S/C16H19NO3/c1-3-4-5-10-17-15(19)13(14(18)16(17)20)12-8-6-11(2)7-9-12/h6-9,18H,3-5,10H2,1-2H3. The fourth-order valence-corrected chi connectivity index (χ4v) is 2.27.